The summed E-state index contributed by atoms with van der Waals surface area (Å²) in [6.45, 7) is 12.1. The maximum atomic E-state index is 12.7. The lowest BCUT2D eigenvalue weighted by molar-refractivity contribution is 0.0943. The average molecular weight is 408 g/mol. The first-order chi connectivity index (χ1) is 14.1. The van der Waals surface area contributed by atoms with Crippen molar-refractivity contribution in [3.05, 3.63) is 53.3 Å². The van der Waals surface area contributed by atoms with E-state index in [4.69, 9.17) is 0 Å². The van der Waals surface area contributed by atoms with E-state index in [0.717, 1.165) is 12.0 Å². The molecule has 0 saturated carbocycles. The standard InChI is InChI=1S/C23H29N5O2/c1-7-23(5,6)28-13-18(21(30)25-14(2)3)17-12-24-22(26-19(17)28)27-20(29)16-10-8-15(4)9-11-16/h8-14H,7H2,1-6H3,(H,25,30)(H,24,26,27,29). The van der Waals surface area contributed by atoms with E-state index in [0.29, 0.717) is 22.2 Å². The topological polar surface area (TPSA) is 88.9 Å². The summed E-state index contributed by atoms with van der Waals surface area (Å²) in [6.07, 6.45) is 4.27. The van der Waals surface area contributed by atoms with Gasteiger partial charge in [-0.15, -0.1) is 0 Å². The second-order valence-electron chi connectivity index (χ2n) is 8.46. The molecule has 7 nitrogen and oxygen atoms in total. The normalized spacial score (nSPS) is 11.7. The number of hydrogen-bond acceptors (Lipinski definition) is 4. The first-order valence-electron chi connectivity index (χ1n) is 10.2. The second kappa shape index (κ2) is 8.26. The number of anilines is 1. The van der Waals surface area contributed by atoms with Gasteiger partial charge in [0.2, 0.25) is 5.95 Å². The number of hydrogen-bond donors (Lipinski definition) is 2. The molecule has 158 valence electrons. The average Bonchev–Trinajstić information content (AvgIpc) is 3.08. The lowest BCUT2D eigenvalue weighted by Crippen LogP contribution is -2.30. The number of carbonyl (C=O) groups excluding carboxylic acids is 2. The van der Waals surface area contributed by atoms with Crippen molar-refractivity contribution in [2.45, 2.75) is 59.5 Å². The van der Waals surface area contributed by atoms with Gasteiger partial charge in [0, 0.05) is 29.5 Å². The van der Waals surface area contributed by atoms with Crippen LogP contribution in [-0.2, 0) is 5.54 Å². The molecule has 0 spiro atoms. The predicted octanol–water partition coefficient (Wildman–Crippen LogP) is 4.28. The highest BCUT2D eigenvalue weighted by Crippen LogP contribution is 2.29. The van der Waals surface area contributed by atoms with Crippen LogP contribution in [0.5, 0.6) is 0 Å². The Morgan fingerprint density at radius 3 is 2.40 bits per heavy atom. The van der Waals surface area contributed by atoms with Gasteiger partial charge in [-0.05, 0) is 53.2 Å². The minimum absolute atomic E-state index is 0.0177. The van der Waals surface area contributed by atoms with E-state index in [1.54, 1.807) is 18.3 Å². The molecule has 0 aliphatic heterocycles. The maximum absolute atomic E-state index is 12.7. The molecule has 0 unspecified atom stereocenters. The monoisotopic (exact) mass is 407 g/mol. The SMILES string of the molecule is CCC(C)(C)n1cc(C(=O)NC(C)C)c2cnc(NC(=O)c3ccc(C)cc3)nc21. The van der Waals surface area contributed by atoms with Crippen LogP contribution < -0.4 is 10.6 Å². The van der Waals surface area contributed by atoms with E-state index in [1.165, 1.54) is 0 Å². The minimum Gasteiger partial charge on any atom is -0.350 e. The Hall–Kier alpha value is -3.22. The van der Waals surface area contributed by atoms with Crippen LogP contribution in [0.15, 0.2) is 36.7 Å². The molecule has 0 aliphatic carbocycles. The van der Waals surface area contributed by atoms with E-state index in [9.17, 15) is 9.59 Å². The minimum atomic E-state index is -0.278. The molecule has 3 aromatic rings. The molecule has 0 saturated heterocycles. The largest absolute Gasteiger partial charge is 0.350 e. The molecule has 0 atom stereocenters. The van der Waals surface area contributed by atoms with Crippen molar-refractivity contribution in [2.24, 2.45) is 0 Å². The summed E-state index contributed by atoms with van der Waals surface area (Å²) in [5, 5.41) is 6.35. The third-order valence-corrected chi connectivity index (χ3v) is 5.27. The Labute approximate surface area is 176 Å². The van der Waals surface area contributed by atoms with Crippen LogP contribution in [0, 0.1) is 6.92 Å². The van der Waals surface area contributed by atoms with Crippen LogP contribution in [0.1, 0.15) is 67.3 Å². The Bertz CT molecular complexity index is 1080. The molecule has 2 aromatic heterocycles. The summed E-state index contributed by atoms with van der Waals surface area (Å²) in [5.41, 5.74) is 2.49. The Morgan fingerprint density at radius 1 is 1.13 bits per heavy atom. The summed E-state index contributed by atoms with van der Waals surface area (Å²) in [6, 6.07) is 7.31. The molecule has 1 aromatic carbocycles. The Kier molecular flexibility index (Phi) is 5.92. The van der Waals surface area contributed by atoms with E-state index in [-0.39, 0.29) is 29.3 Å². The summed E-state index contributed by atoms with van der Waals surface area (Å²) in [5.74, 6) is -0.240. The smallest absolute Gasteiger partial charge is 0.258 e. The van der Waals surface area contributed by atoms with Crippen molar-refractivity contribution >= 4 is 28.8 Å². The highest BCUT2D eigenvalue weighted by molar-refractivity contribution is 6.07. The zero-order chi connectivity index (χ0) is 22.1. The molecule has 2 heterocycles. The van der Waals surface area contributed by atoms with Crippen molar-refractivity contribution in [2.75, 3.05) is 5.32 Å². The lowest BCUT2D eigenvalue weighted by Gasteiger charge is -2.25. The maximum Gasteiger partial charge on any atom is 0.258 e. The number of carbonyl (C=O) groups is 2. The van der Waals surface area contributed by atoms with Crippen LogP contribution in [0.4, 0.5) is 5.95 Å². The van der Waals surface area contributed by atoms with E-state index < -0.39 is 0 Å². The van der Waals surface area contributed by atoms with Gasteiger partial charge >= 0.3 is 0 Å². The fourth-order valence-corrected chi connectivity index (χ4v) is 3.10. The van der Waals surface area contributed by atoms with Crippen LogP contribution in [0.3, 0.4) is 0 Å². The molecule has 2 N–H and O–H groups in total. The molecule has 7 heteroatoms. The second-order valence-corrected chi connectivity index (χ2v) is 8.46. The van der Waals surface area contributed by atoms with E-state index in [1.807, 2.05) is 43.7 Å². The van der Waals surface area contributed by atoms with Gasteiger partial charge < -0.3 is 9.88 Å². The van der Waals surface area contributed by atoms with Crippen LogP contribution in [-0.4, -0.2) is 32.4 Å². The van der Waals surface area contributed by atoms with Gasteiger partial charge in [-0.25, -0.2) is 4.98 Å². The molecule has 0 radical (unpaired) electrons. The quantitative estimate of drug-likeness (QED) is 0.638. The van der Waals surface area contributed by atoms with Crippen molar-refractivity contribution in [3.63, 3.8) is 0 Å². The number of amides is 2. The Morgan fingerprint density at radius 2 is 1.80 bits per heavy atom. The van der Waals surface area contributed by atoms with Crippen LogP contribution in [0.25, 0.3) is 11.0 Å². The first kappa shape index (κ1) is 21.5. The van der Waals surface area contributed by atoms with Crippen molar-refractivity contribution < 1.29 is 9.59 Å². The van der Waals surface area contributed by atoms with Crippen molar-refractivity contribution in [1.82, 2.24) is 19.9 Å². The molecule has 0 fully saturated rings. The van der Waals surface area contributed by atoms with E-state index in [2.05, 4.69) is 41.4 Å². The highest BCUT2D eigenvalue weighted by atomic mass is 16.2. The summed E-state index contributed by atoms with van der Waals surface area (Å²) < 4.78 is 1.99. The molecule has 3 rings (SSSR count). The molecule has 2 amide bonds. The van der Waals surface area contributed by atoms with Gasteiger partial charge in [-0.2, -0.15) is 4.98 Å². The van der Waals surface area contributed by atoms with Crippen LogP contribution in [0.2, 0.25) is 0 Å². The molecule has 0 bridgehead atoms. The molecule has 0 aliphatic rings. The first-order valence-corrected chi connectivity index (χ1v) is 10.2. The number of benzene rings is 1. The van der Waals surface area contributed by atoms with Gasteiger partial charge in [0.1, 0.15) is 5.65 Å². The number of aromatic nitrogens is 3. The number of rotatable bonds is 6. The fraction of sp³-hybridized carbons (Fsp3) is 0.391. The lowest BCUT2D eigenvalue weighted by atomic mass is 10.0. The zero-order valence-electron chi connectivity index (χ0n) is 18.4. The fourth-order valence-electron chi connectivity index (χ4n) is 3.10. The third-order valence-electron chi connectivity index (χ3n) is 5.27. The summed E-state index contributed by atoms with van der Waals surface area (Å²) >= 11 is 0. The summed E-state index contributed by atoms with van der Waals surface area (Å²) in [4.78, 5) is 34.2. The van der Waals surface area contributed by atoms with Gasteiger partial charge in [0.05, 0.1) is 10.9 Å². The third kappa shape index (κ3) is 4.35. The van der Waals surface area contributed by atoms with Gasteiger partial charge in [-0.1, -0.05) is 24.6 Å². The molecule has 30 heavy (non-hydrogen) atoms. The van der Waals surface area contributed by atoms with E-state index >= 15 is 0 Å². The van der Waals surface area contributed by atoms with Crippen molar-refractivity contribution in [1.29, 1.82) is 0 Å². The number of fused-ring (bicyclic) bond motifs is 1. The van der Waals surface area contributed by atoms with Gasteiger partial charge in [0.15, 0.2) is 0 Å². The van der Waals surface area contributed by atoms with Gasteiger partial charge in [-0.3, -0.25) is 14.9 Å². The molecular weight excluding hydrogens is 378 g/mol. The predicted molar refractivity (Wildman–Crippen MR) is 119 cm³/mol. The van der Waals surface area contributed by atoms with Crippen molar-refractivity contribution in [3.8, 4) is 0 Å². The number of nitrogens with zero attached hydrogens (tertiary/aromatic N) is 3. The van der Waals surface area contributed by atoms with Gasteiger partial charge in [0.25, 0.3) is 11.8 Å². The highest BCUT2D eigenvalue weighted by Gasteiger charge is 2.26. The summed E-state index contributed by atoms with van der Waals surface area (Å²) in [7, 11) is 0. The van der Waals surface area contributed by atoms with Crippen LogP contribution >= 0.6 is 0 Å². The Balaban J connectivity index is 2.03. The number of aryl methyl sites for hydroxylation is 1. The molecular formula is C23H29N5O2. The number of nitrogens with one attached hydrogen (secondary N) is 2. The zero-order valence-corrected chi connectivity index (χ0v) is 18.4.